The van der Waals surface area contributed by atoms with Crippen molar-refractivity contribution < 1.29 is 22.7 Å². The molecule has 8 heteroatoms. The van der Waals surface area contributed by atoms with Crippen molar-refractivity contribution in [2.24, 2.45) is 0 Å². The summed E-state index contributed by atoms with van der Waals surface area (Å²) in [5.41, 5.74) is 0.381. The van der Waals surface area contributed by atoms with Gasteiger partial charge in [0, 0.05) is 37.2 Å². The zero-order valence-electron chi connectivity index (χ0n) is 15.3. The van der Waals surface area contributed by atoms with E-state index >= 15 is 0 Å². The predicted molar refractivity (Wildman–Crippen MR) is 94.3 cm³/mol. The van der Waals surface area contributed by atoms with Gasteiger partial charge in [0.25, 0.3) is 0 Å². The Balaban J connectivity index is 2.01. The van der Waals surface area contributed by atoms with E-state index in [-0.39, 0.29) is 12.3 Å². The van der Waals surface area contributed by atoms with Crippen molar-refractivity contribution in [3.63, 3.8) is 0 Å². The summed E-state index contributed by atoms with van der Waals surface area (Å²) < 4.78 is 43.0. The van der Waals surface area contributed by atoms with Crippen molar-refractivity contribution in [2.45, 2.75) is 32.4 Å². The van der Waals surface area contributed by atoms with Crippen molar-refractivity contribution in [1.29, 1.82) is 0 Å². The van der Waals surface area contributed by atoms with Crippen LogP contribution >= 0.6 is 0 Å². The highest BCUT2D eigenvalue weighted by molar-refractivity contribution is 5.78. The molecular formula is C19H22F3N3O2. The van der Waals surface area contributed by atoms with Crippen LogP contribution in [0.2, 0.25) is 0 Å². The average molecular weight is 381 g/mol. The fraction of sp³-hybridized carbons (Fsp3) is 0.421. The maximum absolute atomic E-state index is 12.6. The fourth-order valence-corrected chi connectivity index (χ4v) is 2.67. The monoisotopic (exact) mass is 381 g/mol. The van der Waals surface area contributed by atoms with Crippen LogP contribution < -0.4 is 4.74 Å². The Morgan fingerprint density at radius 1 is 1.19 bits per heavy atom. The highest BCUT2D eigenvalue weighted by Gasteiger charge is 2.32. The summed E-state index contributed by atoms with van der Waals surface area (Å²) in [7, 11) is 1.57. The van der Waals surface area contributed by atoms with Crippen LogP contribution in [-0.2, 0) is 23.8 Å². The third kappa shape index (κ3) is 5.94. The van der Waals surface area contributed by atoms with Gasteiger partial charge in [-0.2, -0.15) is 13.2 Å². The molecule has 0 N–H and O–H groups in total. The maximum atomic E-state index is 12.6. The molecule has 2 aromatic rings. The lowest BCUT2D eigenvalue weighted by Crippen LogP contribution is -2.35. The fourth-order valence-electron chi connectivity index (χ4n) is 2.67. The molecule has 0 unspecified atom stereocenters. The van der Waals surface area contributed by atoms with Gasteiger partial charge in [0.2, 0.25) is 5.91 Å². The van der Waals surface area contributed by atoms with Crippen LogP contribution in [0.3, 0.4) is 0 Å². The van der Waals surface area contributed by atoms with Crippen LogP contribution in [0.4, 0.5) is 13.2 Å². The summed E-state index contributed by atoms with van der Waals surface area (Å²) in [5.74, 6) is 0.558. The number of methoxy groups -OCH3 is 1. The van der Waals surface area contributed by atoms with E-state index in [9.17, 15) is 18.0 Å². The number of alkyl halides is 3. The lowest BCUT2D eigenvalue weighted by molar-refractivity contribution is -0.141. The molecule has 0 aromatic carbocycles. The minimum atomic E-state index is -4.49. The molecule has 0 saturated heterocycles. The van der Waals surface area contributed by atoms with Gasteiger partial charge in [0.1, 0.15) is 11.4 Å². The highest BCUT2D eigenvalue weighted by atomic mass is 19.4. The topological polar surface area (TPSA) is 55.3 Å². The van der Waals surface area contributed by atoms with Gasteiger partial charge in [-0.05, 0) is 30.5 Å². The Bertz CT molecular complexity index is 749. The normalized spacial score (nSPS) is 11.3. The van der Waals surface area contributed by atoms with Crippen LogP contribution in [0.1, 0.15) is 30.2 Å². The Labute approximate surface area is 156 Å². The van der Waals surface area contributed by atoms with E-state index in [1.165, 1.54) is 6.07 Å². The molecule has 0 atom stereocenters. The Morgan fingerprint density at radius 2 is 1.96 bits per heavy atom. The number of halogens is 3. The second-order valence-electron chi connectivity index (χ2n) is 6.04. The Morgan fingerprint density at radius 3 is 2.56 bits per heavy atom. The number of nitrogens with zero attached hydrogens (tertiary/aromatic N) is 3. The lowest BCUT2D eigenvalue weighted by atomic mass is 10.1. The maximum Gasteiger partial charge on any atom is 0.433 e. The largest absolute Gasteiger partial charge is 0.496 e. The van der Waals surface area contributed by atoms with Gasteiger partial charge < -0.3 is 9.64 Å². The number of aromatic nitrogens is 2. The van der Waals surface area contributed by atoms with E-state index in [0.717, 1.165) is 24.2 Å². The van der Waals surface area contributed by atoms with Crippen LogP contribution in [0.25, 0.3) is 0 Å². The highest BCUT2D eigenvalue weighted by Crippen LogP contribution is 2.27. The molecule has 0 saturated carbocycles. The number of pyridine rings is 2. The smallest absolute Gasteiger partial charge is 0.433 e. The molecule has 2 aromatic heterocycles. The molecule has 0 fully saturated rings. The molecule has 146 valence electrons. The molecule has 0 aliphatic rings. The van der Waals surface area contributed by atoms with Gasteiger partial charge in [-0.1, -0.05) is 13.0 Å². The van der Waals surface area contributed by atoms with Crippen LogP contribution in [0.5, 0.6) is 5.75 Å². The number of amides is 1. The van der Waals surface area contributed by atoms with Crippen molar-refractivity contribution in [3.05, 3.63) is 53.6 Å². The first-order valence-electron chi connectivity index (χ1n) is 8.62. The second-order valence-corrected chi connectivity index (χ2v) is 6.04. The zero-order chi connectivity index (χ0) is 19.9. The second kappa shape index (κ2) is 9.34. The van der Waals surface area contributed by atoms with Crippen molar-refractivity contribution in [1.82, 2.24) is 14.9 Å². The van der Waals surface area contributed by atoms with Crippen molar-refractivity contribution in [2.75, 3.05) is 20.2 Å². The van der Waals surface area contributed by atoms with Gasteiger partial charge in [0.05, 0.1) is 13.5 Å². The molecule has 27 heavy (non-hydrogen) atoms. The van der Waals surface area contributed by atoms with Gasteiger partial charge in [0.15, 0.2) is 0 Å². The zero-order valence-corrected chi connectivity index (χ0v) is 15.3. The van der Waals surface area contributed by atoms with E-state index in [2.05, 4.69) is 9.97 Å². The van der Waals surface area contributed by atoms with E-state index in [4.69, 9.17) is 4.74 Å². The number of carbonyl (C=O) groups excluding carboxylic acids is 1. The predicted octanol–water partition coefficient (Wildman–Crippen LogP) is 3.53. The summed E-state index contributed by atoms with van der Waals surface area (Å²) in [6.45, 7) is 3.00. The summed E-state index contributed by atoms with van der Waals surface area (Å²) in [4.78, 5) is 21.8. The molecule has 0 aliphatic carbocycles. The van der Waals surface area contributed by atoms with Crippen molar-refractivity contribution in [3.8, 4) is 5.75 Å². The minimum absolute atomic E-state index is 0.00924. The Kier molecular flexibility index (Phi) is 7.15. The summed E-state index contributed by atoms with van der Waals surface area (Å²) in [5, 5.41) is 0. The first-order valence-corrected chi connectivity index (χ1v) is 8.62. The van der Waals surface area contributed by atoms with E-state index < -0.39 is 11.9 Å². The molecule has 5 nitrogen and oxygen atoms in total. The van der Waals surface area contributed by atoms with Gasteiger partial charge in [-0.15, -0.1) is 0 Å². The number of carbonyl (C=O) groups is 1. The molecule has 0 aliphatic heterocycles. The summed E-state index contributed by atoms with van der Waals surface area (Å²) >= 11 is 0. The van der Waals surface area contributed by atoms with Crippen LogP contribution in [-0.4, -0.2) is 41.0 Å². The minimum Gasteiger partial charge on any atom is -0.496 e. The van der Waals surface area contributed by atoms with Gasteiger partial charge in [-0.3, -0.25) is 14.8 Å². The average Bonchev–Trinajstić information content (AvgIpc) is 2.65. The van der Waals surface area contributed by atoms with Crippen molar-refractivity contribution >= 4 is 5.91 Å². The number of ether oxygens (including phenoxy) is 1. The van der Waals surface area contributed by atoms with Crippen LogP contribution in [0, 0.1) is 0 Å². The number of hydrogen-bond donors (Lipinski definition) is 0. The molecule has 2 heterocycles. The molecular weight excluding hydrogens is 359 g/mol. The number of hydrogen-bond acceptors (Lipinski definition) is 4. The van der Waals surface area contributed by atoms with Crippen LogP contribution in [0.15, 0.2) is 36.8 Å². The van der Waals surface area contributed by atoms with Gasteiger partial charge >= 0.3 is 6.18 Å². The van der Waals surface area contributed by atoms with E-state index in [0.29, 0.717) is 30.8 Å². The molecule has 0 spiro atoms. The number of rotatable bonds is 8. The first kappa shape index (κ1) is 20.7. The lowest BCUT2D eigenvalue weighted by Gasteiger charge is -2.22. The van der Waals surface area contributed by atoms with E-state index in [1.807, 2.05) is 6.92 Å². The summed E-state index contributed by atoms with van der Waals surface area (Å²) in [6.07, 6.45) is 1.32. The standard InChI is InChI=1S/C19H22F3N3O2/c1-3-9-25(10-7-15-13-23-8-6-16(15)27-2)18(26)11-14-4-5-17(24-12-14)19(20,21)22/h4-6,8,12-13H,3,7,9-11H2,1-2H3. The third-order valence-corrected chi connectivity index (χ3v) is 4.05. The molecule has 2 rings (SSSR count). The molecule has 1 amide bonds. The summed E-state index contributed by atoms with van der Waals surface area (Å²) in [6, 6.07) is 3.95. The first-order chi connectivity index (χ1) is 12.8. The quantitative estimate of drug-likeness (QED) is 0.702. The molecule has 0 bridgehead atoms. The van der Waals surface area contributed by atoms with Gasteiger partial charge in [-0.25, -0.2) is 0 Å². The SMILES string of the molecule is CCCN(CCc1cnccc1OC)C(=O)Cc1ccc(C(F)(F)F)nc1. The molecule has 0 radical (unpaired) electrons. The van der Waals surface area contributed by atoms with E-state index in [1.54, 1.807) is 30.5 Å². The Hall–Kier alpha value is -2.64. The third-order valence-electron chi connectivity index (χ3n) is 4.05.